The first-order valence-electron chi connectivity index (χ1n) is 7.90. The highest BCUT2D eigenvalue weighted by Gasteiger charge is 2.23. The lowest BCUT2D eigenvalue weighted by molar-refractivity contribution is 0.0607. The molecule has 0 saturated carbocycles. The average Bonchev–Trinajstić information content (AvgIpc) is 3.28. The molecule has 1 aliphatic heterocycles. The summed E-state index contributed by atoms with van der Waals surface area (Å²) in [5.74, 6) is 0.186. The van der Waals surface area contributed by atoms with Gasteiger partial charge in [-0.3, -0.25) is 0 Å². The molecule has 0 bridgehead atoms. The van der Waals surface area contributed by atoms with Gasteiger partial charge >= 0.3 is 5.97 Å². The van der Waals surface area contributed by atoms with Gasteiger partial charge in [0, 0.05) is 34.4 Å². The van der Waals surface area contributed by atoms with Crippen molar-refractivity contribution in [1.29, 1.82) is 0 Å². The van der Waals surface area contributed by atoms with Crippen molar-refractivity contribution in [2.24, 2.45) is 0 Å². The van der Waals surface area contributed by atoms with Crippen molar-refractivity contribution in [2.75, 3.05) is 20.3 Å². The second-order valence-electron chi connectivity index (χ2n) is 5.85. The van der Waals surface area contributed by atoms with Crippen molar-refractivity contribution in [3.05, 3.63) is 41.1 Å². The van der Waals surface area contributed by atoms with Gasteiger partial charge in [0.05, 0.1) is 13.3 Å². The van der Waals surface area contributed by atoms with E-state index < -0.39 is 0 Å². The van der Waals surface area contributed by atoms with Gasteiger partial charge in [0.15, 0.2) is 0 Å². The predicted octanol–water partition coefficient (Wildman–Crippen LogP) is 4.24. The van der Waals surface area contributed by atoms with E-state index in [9.17, 15) is 4.79 Å². The van der Waals surface area contributed by atoms with Gasteiger partial charge in [-0.25, -0.2) is 4.79 Å². The lowest BCUT2D eigenvalue weighted by Crippen LogP contribution is -2.13. The van der Waals surface area contributed by atoms with E-state index in [1.165, 1.54) is 24.0 Å². The van der Waals surface area contributed by atoms with E-state index in [0.29, 0.717) is 10.8 Å². The Labute approximate surface area is 143 Å². The van der Waals surface area contributed by atoms with Crippen molar-refractivity contribution in [2.45, 2.75) is 18.8 Å². The highest BCUT2D eigenvalue weighted by Crippen LogP contribution is 2.41. The standard InChI is InChI=1S/C18H17NO4S/c1-21-18(20)17-16(13-9-19-23-10-13)14-3-2-12(8-15(14)24-17)11-4-6-22-7-5-11/h2-3,8-11H,4-7H2,1H3. The Bertz CT molecular complexity index is 863. The Morgan fingerprint density at radius 3 is 2.88 bits per heavy atom. The molecule has 24 heavy (non-hydrogen) atoms. The first-order valence-corrected chi connectivity index (χ1v) is 8.72. The number of carbonyl (C=O) groups is 1. The second-order valence-corrected chi connectivity index (χ2v) is 6.91. The van der Waals surface area contributed by atoms with Crippen LogP contribution in [-0.4, -0.2) is 31.4 Å². The molecule has 0 radical (unpaired) electrons. The number of nitrogens with zero attached hydrogens (tertiary/aromatic N) is 1. The number of esters is 1. The van der Waals surface area contributed by atoms with E-state index in [1.807, 2.05) is 0 Å². The number of benzene rings is 1. The fourth-order valence-electron chi connectivity index (χ4n) is 3.25. The minimum absolute atomic E-state index is 0.333. The number of carbonyl (C=O) groups excluding carboxylic acids is 1. The molecule has 124 valence electrons. The summed E-state index contributed by atoms with van der Waals surface area (Å²) in [6.45, 7) is 1.62. The maximum Gasteiger partial charge on any atom is 0.348 e. The molecule has 2 aromatic heterocycles. The molecule has 3 aromatic rings. The first-order chi connectivity index (χ1) is 11.8. The van der Waals surface area contributed by atoms with E-state index in [4.69, 9.17) is 14.0 Å². The zero-order valence-electron chi connectivity index (χ0n) is 13.3. The molecule has 1 aromatic carbocycles. The Kier molecular flexibility index (Phi) is 4.08. The van der Waals surface area contributed by atoms with Crippen LogP contribution in [0.1, 0.15) is 34.0 Å². The largest absolute Gasteiger partial charge is 0.465 e. The van der Waals surface area contributed by atoms with Gasteiger partial charge in [-0.2, -0.15) is 0 Å². The van der Waals surface area contributed by atoms with Crippen molar-refractivity contribution < 1.29 is 18.8 Å². The third kappa shape index (κ3) is 2.61. The van der Waals surface area contributed by atoms with Crippen LogP contribution in [0.2, 0.25) is 0 Å². The van der Waals surface area contributed by atoms with Gasteiger partial charge in [-0.15, -0.1) is 11.3 Å². The minimum atomic E-state index is -0.333. The van der Waals surface area contributed by atoms with E-state index in [-0.39, 0.29) is 5.97 Å². The third-order valence-electron chi connectivity index (χ3n) is 4.50. The van der Waals surface area contributed by atoms with Crippen LogP contribution in [0.4, 0.5) is 0 Å². The highest BCUT2D eigenvalue weighted by molar-refractivity contribution is 7.21. The number of methoxy groups -OCH3 is 1. The van der Waals surface area contributed by atoms with Crippen molar-refractivity contribution in [3.63, 3.8) is 0 Å². The number of fused-ring (bicyclic) bond motifs is 1. The quantitative estimate of drug-likeness (QED) is 0.666. The van der Waals surface area contributed by atoms with Crippen LogP contribution in [0.15, 0.2) is 35.2 Å². The normalized spacial score (nSPS) is 15.7. The smallest absolute Gasteiger partial charge is 0.348 e. The molecule has 4 rings (SSSR count). The summed E-state index contributed by atoms with van der Waals surface area (Å²) in [5.41, 5.74) is 2.93. The summed E-state index contributed by atoms with van der Waals surface area (Å²) in [4.78, 5) is 12.8. The highest BCUT2D eigenvalue weighted by atomic mass is 32.1. The van der Waals surface area contributed by atoms with Gasteiger partial charge < -0.3 is 14.0 Å². The number of ether oxygens (including phenoxy) is 2. The van der Waals surface area contributed by atoms with Crippen molar-refractivity contribution >= 4 is 27.4 Å². The van der Waals surface area contributed by atoms with Crippen LogP contribution in [0.5, 0.6) is 0 Å². The number of hydrogen-bond acceptors (Lipinski definition) is 6. The molecule has 0 amide bonds. The van der Waals surface area contributed by atoms with Gasteiger partial charge in [0.1, 0.15) is 11.1 Å². The summed E-state index contributed by atoms with van der Waals surface area (Å²) in [6.07, 6.45) is 5.26. The summed E-state index contributed by atoms with van der Waals surface area (Å²) in [7, 11) is 1.40. The summed E-state index contributed by atoms with van der Waals surface area (Å²) < 4.78 is 16.4. The van der Waals surface area contributed by atoms with Gasteiger partial charge in [0.2, 0.25) is 0 Å². The fourth-order valence-corrected chi connectivity index (χ4v) is 4.44. The van der Waals surface area contributed by atoms with Crippen LogP contribution in [0.3, 0.4) is 0 Å². The van der Waals surface area contributed by atoms with E-state index >= 15 is 0 Å². The van der Waals surface area contributed by atoms with Gasteiger partial charge in [0.25, 0.3) is 0 Å². The monoisotopic (exact) mass is 343 g/mol. The van der Waals surface area contributed by atoms with Crippen LogP contribution >= 0.6 is 11.3 Å². The Morgan fingerprint density at radius 2 is 2.17 bits per heavy atom. The minimum Gasteiger partial charge on any atom is -0.465 e. The number of rotatable bonds is 3. The fraction of sp³-hybridized carbons (Fsp3) is 0.333. The van der Waals surface area contributed by atoms with Crippen LogP contribution < -0.4 is 0 Å². The number of hydrogen-bond donors (Lipinski definition) is 0. The Hall–Kier alpha value is -2.18. The molecule has 0 aliphatic carbocycles. The molecule has 0 atom stereocenters. The lowest BCUT2D eigenvalue weighted by Gasteiger charge is -2.22. The molecule has 1 aliphatic rings. The lowest BCUT2D eigenvalue weighted by atomic mass is 9.91. The molecular weight excluding hydrogens is 326 g/mol. The molecule has 0 spiro atoms. The maximum atomic E-state index is 12.2. The first kappa shape index (κ1) is 15.4. The van der Waals surface area contributed by atoms with E-state index in [0.717, 1.165) is 47.3 Å². The molecule has 0 N–H and O–H groups in total. The molecule has 3 heterocycles. The molecule has 1 saturated heterocycles. The molecule has 5 nitrogen and oxygen atoms in total. The summed E-state index contributed by atoms with van der Waals surface area (Å²) in [6, 6.07) is 6.44. The van der Waals surface area contributed by atoms with Crippen LogP contribution in [0, 0.1) is 0 Å². The third-order valence-corrected chi connectivity index (χ3v) is 5.63. The topological polar surface area (TPSA) is 61.6 Å². The molecule has 0 unspecified atom stereocenters. The Morgan fingerprint density at radius 1 is 1.33 bits per heavy atom. The van der Waals surface area contributed by atoms with E-state index in [1.54, 1.807) is 12.5 Å². The maximum absolute atomic E-state index is 12.2. The molecular formula is C18H17NO4S. The zero-order chi connectivity index (χ0) is 16.5. The van der Waals surface area contributed by atoms with Crippen LogP contribution in [0.25, 0.3) is 21.2 Å². The number of aromatic nitrogens is 1. The van der Waals surface area contributed by atoms with Gasteiger partial charge in [-0.1, -0.05) is 17.3 Å². The van der Waals surface area contributed by atoms with Gasteiger partial charge in [-0.05, 0) is 30.4 Å². The van der Waals surface area contributed by atoms with Crippen molar-refractivity contribution in [1.82, 2.24) is 5.16 Å². The van der Waals surface area contributed by atoms with Crippen LogP contribution in [-0.2, 0) is 9.47 Å². The molecule has 6 heteroatoms. The van der Waals surface area contributed by atoms with E-state index in [2.05, 4.69) is 23.4 Å². The Balaban J connectivity index is 1.84. The summed E-state index contributed by atoms with van der Waals surface area (Å²) >= 11 is 1.46. The zero-order valence-corrected chi connectivity index (χ0v) is 14.1. The molecule has 1 fully saturated rings. The summed E-state index contributed by atoms with van der Waals surface area (Å²) in [5, 5.41) is 4.79. The second kappa shape index (κ2) is 6.37. The average molecular weight is 343 g/mol. The number of thiophene rings is 1. The predicted molar refractivity (Wildman–Crippen MR) is 91.5 cm³/mol. The SMILES string of the molecule is COC(=O)c1sc2cc(C3CCOCC3)ccc2c1-c1cnoc1. The van der Waals surface area contributed by atoms with Crippen molar-refractivity contribution in [3.8, 4) is 11.1 Å².